The fourth-order valence-electron chi connectivity index (χ4n) is 5.65. The average molecular weight is 668 g/mol. The maximum atomic E-state index is 15.3. The molecule has 0 spiro atoms. The fourth-order valence-corrected chi connectivity index (χ4v) is 5.65. The number of anilines is 1. The summed E-state index contributed by atoms with van der Waals surface area (Å²) in [5.41, 5.74) is 1.20. The topological polar surface area (TPSA) is 139 Å². The maximum absolute atomic E-state index is 15.3. The Hall–Kier alpha value is -3.62. The molecule has 2 aromatic heterocycles. The van der Waals surface area contributed by atoms with Crippen LogP contribution in [0, 0.1) is 36.5 Å². The molecule has 4 aliphatic carbocycles. The number of amides is 1. The van der Waals surface area contributed by atoms with Gasteiger partial charge in [0.1, 0.15) is 24.0 Å². The minimum atomic E-state index is -4.55. The summed E-state index contributed by atoms with van der Waals surface area (Å²) in [4.78, 5) is 13.8. The number of alkyl halides is 3. The van der Waals surface area contributed by atoms with Gasteiger partial charge in [-0.3, -0.25) is 9.48 Å². The molecular weight excluding hydrogens is 618 g/mol. The van der Waals surface area contributed by atoms with E-state index in [2.05, 4.69) is 37.9 Å². The van der Waals surface area contributed by atoms with Crippen LogP contribution in [0.25, 0.3) is 5.70 Å². The number of aromatic nitrogens is 4. The summed E-state index contributed by atoms with van der Waals surface area (Å²) < 4.78 is 60.9. The van der Waals surface area contributed by atoms with E-state index in [0.29, 0.717) is 40.4 Å². The quantitative estimate of drug-likeness (QED) is 0.102. The number of hydrogen-bond donors (Lipinski definition) is 4. The number of rotatable bonds is 15. The van der Waals surface area contributed by atoms with E-state index in [9.17, 15) is 18.0 Å². The number of hydrogen-bond acceptors (Lipinski definition) is 9. The summed E-state index contributed by atoms with van der Waals surface area (Å²) in [6.45, 7) is 8.35. The van der Waals surface area contributed by atoms with Crippen LogP contribution in [0.2, 0.25) is 0 Å². The molecule has 0 aliphatic heterocycles. The molecule has 1 amide bonds. The molecule has 2 atom stereocenters. The Balaban J connectivity index is 0.000000929. The van der Waals surface area contributed by atoms with Crippen molar-refractivity contribution >= 4 is 17.3 Å². The van der Waals surface area contributed by atoms with Crippen molar-refractivity contribution in [1.29, 1.82) is 0 Å². The van der Waals surface area contributed by atoms with Crippen LogP contribution < -0.4 is 21.8 Å². The van der Waals surface area contributed by atoms with Gasteiger partial charge in [-0.25, -0.2) is 10.5 Å². The summed E-state index contributed by atoms with van der Waals surface area (Å²) in [5, 5.41) is 20.9. The Labute approximate surface area is 273 Å². The third-order valence-electron chi connectivity index (χ3n) is 8.45. The smallest absolute Gasteiger partial charge is 0.392 e. The zero-order valence-electron chi connectivity index (χ0n) is 27.7. The van der Waals surface area contributed by atoms with E-state index in [0.717, 1.165) is 38.5 Å². The standard InChI is InChI=1S/C27H37F4N9O2.C3H6.C2H6/c1-14(23-15(2)37-42-38-23)34-24(22(17-6-7-17)18-8-9-18)26(41)35-19-12-40(36-25(19)28)20(10-16-4-5-16)21(11-33-3)39(32)13-27(29,30)31;1-2-3-1;1-2/h11-12,16-18,20,22,24,33-34H,1,4-10,13,32H2,2-3H3,(H,35,41);1-3H2;1-2H3/b21-11-;;. The molecule has 2 heterocycles. The van der Waals surface area contributed by atoms with Gasteiger partial charge in [0.15, 0.2) is 5.69 Å². The monoisotopic (exact) mass is 667 g/mol. The molecule has 4 aliphatic rings. The van der Waals surface area contributed by atoms with Crippen molar-refractivity contribution in [1.82, 2.24) is 35.7 Å². The number of halogens is 4. The lowest BCUT2D eigenvalue weighted by atomic mass is 9.88. The van der Waals surface area contributed by atoms with E-state index in [-0.39, 0.29) is 23.2 Å². The van der Waals surface area contributed by atoms with Crippen molar-refractivity contribution in [2.45, 2.75) is 103 Å². The summed E-state index contributed by atoms with van der Waals surface area (Å²) in [7, 11) is 1.54. The second-order valence-corrected chi connectivity index (χ2v) is 12.7. The molecule has 0 bridgehead atoms. The third kappa shape index (κ3) is 10.7. The molecule has 47 heavy (non-hydrogen) atoms. The number of nitrogens with one attached hydrogen (secondary N) is 3. The Bertz CT molecular complexity index is 1350. The molecule has 262 valence electrons. The lowest BCUT2D eigenvalue weighted by molar-refractivity contribution is -0.143. The number of carbonyl (C=O) groups is 1. The van der Waals surface area contributed by atoms with Gasteiger partial charge in [0.2, 0.25) is 5.91 Å². The SMILES string of the molecule is C1CC1.C=C(NC(C(=O)Nc1cn(C(CC2CC2)/C(=C/NC)N(N)CC(F)(F)F)nc1F)C(C1CC1)C1CC1)c1nonc1C.CC. The highest BCUT2D eigenvalue weighted by Crippen LogP contribution is 2.51. The van der Waals surface area contributed by atoms with Crippen LogP contribution in [-0.2, 0) is 4.79 Å². The van der Waals surface area contributed by atoms with Gasteiger partial charge in [-0.15, -0.1) is 5.10 Å². The molecular formula is C32H49F4N9O2. The predicted molar refractivity (Wildman–Crippen MR) is 170 cm³/mol. The van der Waals surface area contributed by atoms with Crippen LogP contribution in [0.3, 0.4) is 0 Å². The Morgan fingerprint density at radius 3 is 2.23 bits per heavy atom. The summed E-state index contributed by atoms with van der Waals surface area (Å²) in [6.07, 6.45) is 8.87. The first-order valence-corrected chi connectivity index (χ1v) is 16.7. The van der Waals surface area contributed by atoms with Crippen LogP contribution in [0.5, 0.6) is 0 Å². The summed E-state index contributed by atoms with van der Waals surface area (Å²) in [5.74, 6) is 5.42. The van der Waals surface area contributed by atoms with Gasteiger partial charge in [-0.2, -0.15) is 17.6 Å². The zero-order chi connectivity index (χ0) is 34.3. The highest BCUT2D eigenvalue weighted by Gasteiger charge is 2.48. The minimum Gasteiger partial charge on any atom is -0.392 e. The molecule has 2 aromatic rings. The Morgan fingerprint density at radius 2 is 1.77 bits per heavy atom. The molecule has 2 unspecified atom stereocenters. The van der Waals surface area contributed by atoms with Crippen molar-refractivity contribution in [3.63, 3.8) is 0 Å². The van der Waals surface area contributed by atoms with Gasteiger partial charge in [-0.05, 0) is 67.9 Å². The largest absolute Gasteiger partial charge is 0.407 e. The summed E-state index contributed by atoms with van der Waals surface area (Å²) in [6, 6.07) is -1.52. The van der Waals surface area contributed by atoms with Crippen LogP contribution in [0.1, 0.15) is 95.5 Å². The number of nitrogens with zero attached hydrogens (tertiary/aromatic N) is 5. The molecule has 5 N–H and O–H groups in total. The summed E-state index contributed by atoms with van der Waals surface area (Å²) >= 11 is 0. The molecule has 0 saturated heterocycles. The van der Waals surface area contributed by atoms with E-state index < -0.39 is 36.7 Å². The van der Waals surface area contributed by atoms with E-state index in [1.807, 2.05) is 13.8 Å². The lowest BCUT2D eigenvalue weighted by Gasteiger charge is -2.30. The molecule has 4 fully saturated rings. The van der Waals surface area contributed by atoms with Crippen LogP contribution in [0.4, 0.5) is 23.2 Å². The highest BCUT2D eigenvalue weighted by molar-refractivity contribution is 5.96. The number of nitrogens with two attached hydrogens (primary N) is 1. The number of aryl methyl sites for hydroxylation is 1. The molecule has 11 nitrogen and oxygen atoms in total. The van der Waals surface area contributed by atoms with Crippen molar-refractivity contribution in [2.75, 3.05) is 18.9 Å². The van der Waals surface area contributed by atoms with E-state index in [1.165, 1.54) is 36.3 Å². The molecule has 4 saturated carbocycles. The molecule has 0 aromatic carbocycles. The minimum absolute atomic E-state index is 0.0148. The van der Waals surface area contributed by atoms with E-state index in [1.54, 1.807) is 14.0 Å². The molecule has 0 radical (unpaired) electrons. The van der Waals surface area contributed by atoms with Crippen molar-refractivity contribution < 1.29 is 27.0 Å². The van der Waals surface area contributed by atoms with Gasteiger partial charge in [0.05, 0.1) is 23.6 Å². The predicted octanol–water partition coefficient (Wildman–Crippen LogP) is 6.05. The van der Waals surface area contributed by atoms with Crippen molar-refractivity contribution in [2.24, 2.45) is 29.5 Å². The second kappa shape index (κ2) is 16.0. The van der Waals surface area contributed by atoms with Crippen LogP contribution in [0.15, 0.2) is 29.3 Å². The average Bonchev–Trinajstić information content (AvgIpc) is 3.84. The third-order valence-corrected chi connectivity index (χ3v) is 8.45. The van der Waals surface area contributed by atoms with E-state index >= 15 is 4.39 Å². The van der Waals surface area contributed by atoms with Crippen LogP contribution >= 0.6 is 0 Å². The van der Waals surface area contributed by atoms with Gasteiger partial charge in [0, 0.05) is 13.2 Å². The van der Waals surface area contributed by atoms with Gasteiger partial charge in [-0.1, -0.05) is 57.7 Å². The first-order chi connectivity index (χ1) is 22.4. The zero-order valence-corrected chi connectivity index (χ0v) is 27.7. The maximum Gasteiger partial charge on any atom is 0.407 e. The highest BCUT2D eigenvalue weighted by atomic mass is 19.4. The van der Waals surface area contributed by atoms with Gasteiger partial charge < -0.3 is 21.0 Å². The van der Waals surface area contributed by atoms with Crippen molar-refractivity contribution in [3.05, 3.63) is 42.0 Å². The van der Waals surface area contributed by atoms with Crippen LogP contribution in [-0.4, -0.2) is 56.8 Å². The lowest BCUT2D eigenvalue weighted by Crippen LogP contribution is -2.46. The van der Waals surface area contributed by atoms with Gasteiger partial charge in [0.25, 0.3) is 5.95 Å². The fraction of sp³-hybridized carbons (Fsp3) is 0.688. The first kappa shape index (κ1) is 36.2. The Kier molecular flexibility index (Phi) is 12.3. The Morgan fingerprint density at radius 1 is 1.15 bits per heavy atom. The molecule has 15 heteroatoms. The second-order valence-electron chi connectivity index (χ2n) is 12.7. The number of hydrazine groups is 1. The number of allylic oxidation sites excluding steroid dienone is 1. The van der Waals surface area contributed by atoms with Gasteiger partial charge >= 0.3 is 6.18 Å². The van der Waals surface area contributed by atoms with Crippen molar-refractivity contribution in [3.8, 4) is 0 Å². The molecule has 6 rings (SSSR count). The number of carbonyl (C=O) groups excluding carboxylic acids is 1. The van der Waals surface area contributed by atoms with E-state index in [4.69, 9.17) is 10.5 Å². The first-order valence-electron chi connectivity index (χ1n) is 16.7. The normalized spacial score (nSPS) is 18.6.